The summed E-state index contributed by atoms with van der Waals surface area (Å²) in [6, 6.07) is 2.30. The van der Waals surface area contributed by atoms with Gasteiger partial charge in [-0.25, -0.2) is 9.97 Å². The molecule has 0 fully saturated rings. The zero-order chi connectivity index (χ0) is 13.5. The summed E-state index contributed by atoms with van der Waals surface area (Å²) in [6.45, 7) is 7.74. The average Bonchev–Trinajstić information content (AvgIpc) is 2.38. The van der Waals surface area contributed by atoms with Crippen LogP contribution in [-0.4, -0.2) is 36.3 Å². The molecule has 0 amide bonds. The third-order valence-electron chi connectivity index (χ3n) is 2.95. The Balaban J connectivity index is 2.99. The van der Waals surface area contributed by atoms with E-state index < -0.39 is 0 Å². The topological polar surface area (TPSA) is 38.2 Å². The van der Waals surface area contributed by atoms with Crippen LogP contribution in [0.15, 0.2) is 6.07 Å². The van der Waals surface area contributed by atoms with Gasteiger partial charge >= 0.3 is 0 Å². The van der Waals surface area contributed by atoms with Crippen LogP contribution in [0.1, 0.15) is 31.7 Å². The summed E-state index contributed by atoms with van der Waals surface area (Å²) in [6.07, 6.45) is 1.04. The molecule has 1 rings (SSSR count). The number of aromatic nitrogens is 2. The zero-order valence-corrected chi connectivity index (χ0v) is 12.4. The maximum absolute atomic E-state index is 5.86. The summed E-state index contributed by atoms with van der Waals surface area (Å²) in [7, 11) is 1.70. The molecule has 0 spiro atoms. The van der Waals surface area contributed by atoms with Crippen molar-refractivity contribution in [1.29, 1.82) is 0 Å². The summed E-state index contributed by atoms with van der Waals surface area (Å²) in [5.74, 6) is 1.16. The monoisotopic (exact) mass is 271 g/mol. The number of aryl methyl sites for hydroxylation is 1. The second-order valence-electron chi connectivity index (χ2n) is 4.38. The van der Waals surface area contributed by atoms with Crippen molar-refractivity contribution in [2.45, 2.75) is 39.1 Å². The molecule has 0 saturated heterocycles. The maximum Gasteiger partial charge on any atom is 0.226 e. The number of ether oxygens (including phenoxy) is 1. The summed E-state index contributed by atoms with van der Waals surface area (Å²) >= 11 is 5.86. The van der Waals surface area contributed by atoms with Crippen LogP contribution in [0, 0.1) is 6.92 Å². The summed E-state index contributed by atoms with van der Waals surface area (Å²) in [5, 5.41) is 0. The first-order chi connectivity index (χ1) is 8.62. The molecule has 0 bridgehead atoms. The molecular weight excluding hydrogens is 250 g/mol. The van der Waals surface area contributed by atoms with Crippen molar-refractivity contribution in [3.63, 3.8) is 0 Å². The number of halogens is 1. The number of methoxy groups -OCH3 is 1. The fourth-order valence-corrected chi connectivity index (χ4v) is 1.88. The van der Waals surface area contributed by atoms with Crippen LogP contribution in [-0.2, 0) is 10.6 Å². The van der Waals surface area contributed by atoms with E-state index in [-0.39, 0.29) is 0 Å². The van der Waals surface area contributed by atoms with Crippen molar-refractivity contribution < 1.29 is 4.74 Å². The van der Waals surface area contributed by atoms with E-state index in [9.17, 15) is 0 Å². The Hall–Kier alpha value is -0.870. The average molecular weight is 272 g/mol. The summed E-state index contributed by atoms with van der Waals surface area (Å²) < 4.78 is 5.15. The number of nitrogens with zero attached hydrogens (tertiary/aromatic N) is 3. The van der Waals surface area contributed by atoms with Crippen LogP contribution in [0.4, 0.5) is 5.95 Å². The van der Waals surface area contributed by atoms with E-state index in [4.69, 9.17) is 16.3 Å². The van der Waals surface area contributed by atoms with E-state index in [0.29, 0.717) is 18.5 Å². The third-order valence-corrected chi connectivity index (χ3v) is 3.22. The van der Waals surface area contributed by atoms with Crippen molar-refractivity contribution in [1.82, 2.24) is 9.97 Å². The van der Waals surface area contributed by atoms with E-state index >= 15 is 0 Å². The molecule has 18 heavy (non-hydrogen) atoms. The molecule has 0 radical (unpaired) electrons. The molecule has 1 aromatic rings. The Labute approximate surface area is 114 Å². The van der Waals surface area contributed by atoms with Gasteiger partial charge in [-0.3, -0.25) is 0 Å². The van der Waals surface area contributed by atoms with Gasteiger partial charge in [-0.2, -0.15) is 0 Å². The molecule has 0 aromatic carbocycles. The largest absolute Gasteiger partial charge is 0.383 e. The Bertz CT molecular complexity index is 373. The second kappa shape index (κ2) is 7.54. The highest BCUT2D eigenvalue weighted by Gasteiger charge is 2.16. The molecule has 5 heteroatoms. The predicted octanol–water partition coefficient (Wildman–Crippen LogP) is 2.78. The first-order valence-electron chi connectivity index (χ1n) is 6.28. The fraction of sp³-hybridized carbons (Fsp3) is 0.692. The quantitative estimate of drug-likeness (QED) is 0.715. The number of alkyl halides is 1. The lowest BCUT2D eigenvalue weighted by Crippen LogP contribution is -2.37. The van der Waals surface area contributed by atoms with Crippen molar-refractivity contribution in [2.75, 3.05) is 25.2 Å². The Kier molecular flexibility index (Phi) is 6.36. The van der Waals surface area contributed by atoms with Crippen LogP contribution in [0.2, 0.25) is 0 Å². The smallest absolute Gasteiger partial charge is 0.226 e. The molecule has 0 aliphatic rings. The van der Waals surface area contributed by atoms with Gasteiger partial charge in [-0.1, -0.05) is 6.92 Å². The van der Waals surface area contributed by atoms with Gasteiger partial charge in [0.05, 0.1) is 18.2 Å². The van der Waals surface area contributed by atoms with Crippen molar-refractivity contribution >= 4 is 17.5 Å². The van der Waals surface area contributed by atoms with Crippen LogP contribution in [0.5, 0.6) is 0 Å². The molecular formula is C13H22ClN3O. The summed E-state index contributed by atoms with van der Waals surface area (Å²) in [4.78, 5) is 11.2. The maximum atomic E-state index is 5.86. The zero-order valence-electron chi connectivity index (χ0n) is 11.6. The molecule has 0 saturated carbocycles. The Morgan fingerprint density at radius 3 is 2.72 bits per heavy atom. The summed E-state index contributed by atoms with van der Waals surface area (Å²) in [5.41, 5.74) is 1.81. The molecule has 0 N–H and O–H groups in total. The fourth-order valence-electron chi connectivity index (χ4n) is 1.74. The molecule has 102 valence electrons. The minimum Gasteiger partial charge on any atom is -0.383 e. The van der Waals surface area contributed by atoms with Crippen LogP contribution in [0.3, 0.4) is 0 Å². The number of hydrogen-bond acceptors (Lipinski definition) is 4. The minimum atomic E-state index is 0.380. The lowest BCUT2D eigenvalue weighted by molar-refractivity contribution is 0.203. The van der Waals surface area contributed by atoms with Gasteiger partial charge in [0.15, 0.2) is 0 Å². The second-order valence-corrected chi connectivity index (χ2v) is 4.65. The number of rotatable bonds is 7. The van der Waals surface area contributed by atoms with E-state index in [1.54, 1.807) is 7.11 Å². The Morgan fingerprint density at radius 2 is 2.17 bits per heavy atom. The van der Waals surface area contributed by atoms with Crippen molar-refractivity contribution in [3.05, 3.63) is 17.5 Å². The van der Waals surface area contributed by atoms with Gasteiger partial charge < -0.3 is 9.64 Å². The first kappa shape index (κ1) is 15.2. The highest BCUT2D eigenvalue weighted by Crippen LogP contribution is 2.16. The van der Waals surface area contributed by atoms with Crippen molar-refractivity contribution in [2.24, 2.45) is 0 Å². The van der Waals surface area contributed by atoms with Crippen LogP contribution < -0.4 is 4.90 Å². The van der Waals surface area contributed by atoms with Gasteiger partial charge in [-0.05, 0) is 26.3 Å². The number of hydrogen-bond donors (Lipinski definition) is 0. The van der Waals surface area contributed by atoms with E-state index in [1.165, 1.54) is 0 Å². The minimum absolute atomic E-state index is 0.380. The normalized spacial score (nSPS) is 12.5. The highest BCUT2D eigenvalue weighted by molar-refractivity contribution is 6.16. The lowest BCUT2D eigenvalue weighted by atomic mass is 10.2. The SMILES string of the molecule is CCC(C)N(CCOC)c1nc(C)cc(CCl)n1. The van der Waals surface area contributed by atoms with Crippen molar-refractivity contribution in [3.8, 4) is 0 Å². The predicted molar refractivity (Wildman–Crippen MR) is 75.3 cm³/mol. The third kappa shape index (κ3) is 4.10. The lowest BCUT2D eigenvalue weighted by Gasteiger charge is -2.28. The van der Waals surface area contributed by atoms with Gasteiger partial charge in [0.25, 0.3) is 0 Å². The van der Waals surface area contributed by atoms with Crippen LogP contribution in [0.25, 0.3) is 0 Å². The molecule has 1 aromatic heterocycles. The van der Waals surface area contributed by atoms with E-state index in [0.717, 1.165) is 30.3 Å². The molecule has 1 heterocycles. The molecule has 1 unspecified atom stereocenters. The van der Waals surface area contributed by atoms with E-state index in [2.05, 4.69) is 28.7 Å². The van der Waals surface area contributed by atoms with Crippen LogP contribution >= 0.6 is 11.6 Å². The first-order valence-corrected chi connectivity index (χ1v) is 6.81. The molecule has 0 aliphatic carbocycles. The standard InChI is InChI=1S/C13H22ClN3O/c1-5-11(3)17(6-7-18-4)13-15-10(2)8-12(9-14)16-13/h8,11H,5-7,9H2,1-4H3. The number of anilines is 1. The highest BCUT2D eigenvalue weighted by atomic mass is 35.5. The molecule has 4 nitrogen and oxygen atoms in total. The Morgan fingerprint density at radius 1 is 1.44 bits per heavy atom. The van der Waals surface area contributed by atoms with Gasteiger partial charge in [-0.15, -0.1) is 11.6 Å². The van der Waals surface area contributed by atoms with Gasteiger partial charge in [0, 0.05) is 25.4 Å². The molecule has 1 atom stereocenters. The van der Waals surface area contributed by atoms with Gasteiger partial charge in [0.2, 0.25) is 5.95 Å². The molecule has 0 aliphatic heterocycles. The van der Waals surface area contributed by atoms with E-state index in [1.807, 2.05) is 13.0 Å². The van der Waals surface area contributed by atoms with Gasteiger partial charge in [0.1, 0.15) is 0 Å².